The van der Waals surface area contributed by atoms with Crippen molar-refractivity contribution in [3.05, 3.63) is 21.6 Å². The molecule has 0 saturated heterocycles. The van der Waals surface area contributed by atoms with Crippen molar-refractivity contribution in [1.29, 1.82) is 0 Å². The van der Waals surface area contributed by atoms with Gasteiger partial charge in [0, 0.05) is 17.8 Å². The van der Waals surface area contributed by atoms with Crippen molar-refractivity contribution in [2.45, 2.75) is 65.8 Å². The second-order valence-electron chi connectivity index (χ2n) is 4.72. The van der Waals surface area contributed by atoms with Crippen molar-refractivity contribution in [3.8, 4) is 0 Å². The summed E-state index contributed by atoms with van der Waals surface area (Å²) < 4.78 is 1.78. The zero-order valence-corrected chi connectivity index (χ0v) is 11.0. The van der Waals surface area contributed by atoms with Crippen LogP contribution in [0, 0.1) is 0 Å². The molecule has 0 unspecified atom stereocenters. The summed E-state index contributed by atoms with van der Waals surface area (Å²) in [7, 11) is 0. The molecule has 0 radical (unpaired) electrons. The van der Waals surface area contributed by atoms with E-state index in [2.05, 4.69) is 32.8 Å². The highest BCUT2D eigenvalue weighted by Gasteiger charge is 2.15. The standard InChI is InChI=1S/C13H24N2O/c1-5-7-9-15-13(16)11(8-6-2)12(14-15)10(3)4/h10,14H,5-9H2,1-4H3. The molecule has 0 aliphatic carbocycles. The zero-order chi connectivity index (χ0) is 12.1. The van der Waals surface area contributed by atoms with Crippen molar-refractivity contribution < 1.29 is 0 Å². The number of nitrogens with zero attached hydrogens (tertiary/aromatic N) is 1. The number of nitrogens with one attached hydrogen (secondary N) is 1. The molecule has 16 heavy (non-hydrogen) atoms. The first-order chi connectivity index (χ1) is 7.61. The van der Waals surface area contributed by atoms with Crippen molar-refractivity contribution in [2.75, 3.05) is 0 Å². The van der Waals surface area contributed by atoms with E-state index >= 15 is 0 Å². The van der Waals surface area contributed by atoms with Crippen LogP contribution in [0.4, 0.5) is 0 Å². The van der Waals surface area contributed by atoms with E-state index in [0.717, 1.165) is 43.5 Å². The maximum Gasteiger partial charge on any atom is 0.269 e. The Balaban J connectivity index is 3.04. The monoisotopic (exact) mass is 224 g/mol. The number of H-pyrrole nitrogens is 1. The summed E-state index contributed by atoms with van der Waals surface area (Å²) in [5.74, 6) is 0.400. The van der Waals surface area contributed by atoms with Crippen LogP contribution in [0.25, 0.3) is 0 Å². The Morgan fingerprint density at radius 2 is 1.94 bits per heavy atom. The highest BCUT2D eigenvalue weighted by atomic mass is 16.1. The average molecular weight is 224 g/mol. The van der Waals surface area contributed by atoms with Crippen molar-refractivity contribution in [2.24, 2.45) is 0 Å². The Labute approximate surface area is 97.8 Å². The highest BCUT2D eigenvalue weighted by Crippen LogP contribution is 2.15. The van der Waals surface area contributed by atoms with E-state index in [4.69, 9.17) is 0 Å². The van der Waals surface area contributed by atoms with E-state index < -0.39 is 0 Å². The first kappa shape index (κ1) is 13.1. The van der Waals surface area contributed by atoms with Crippen LogP contribution in [0.3, 0.4) is 0 Å². The van der Waals surface area contributed by atoms with Gasteiger partial charge in [0.2, 0.25) is 0 Å². The predicted molar refractivity (Wildman–Crippen MR) is 68.0 cm³/mol. The number of hydrogen-bond donors (Lipinski definition) is 1. The van der Waals surface area contributed by atoms with Crippen LogP contribution in [0.5, 0.6) is 0 Å². The third-order valence-corrected chi connectivity index (χ3v) is 2.90. The fourth-order valence-corrected chi connectivity index (χ4v) is 1.98. The number of unbranched alkanes of at least 4 members (excludes halogenated alkanes) is 1. The largest absolute Gasteiger partial charge is 0.299 e. The molecule has 3 heteroatoms. The number of aromatic amines is 1. The lowest BCUT2D eigenvalue weighted by atomic mass is 10.0. The van der Waals surface area contributed by atoms with Crippen LogP contribution in [0.1, 0.15) is 64.1 Å². The lowest BCUT2D eigenvalue weighted by Crippen LogP contribution is -2.19. The minimum Gasteiger partial charge on any atom is -0.299 e. The number of rotatable bonds is 6. The van der Waals surface area contributed by atoms with Crippen LogP contribution in [-0.4, -0.2) is 9.78 Å². The van der Waals surface area contributed by atoms with Gasteiger partial charge in [-0.2, -0.15) is 0 Å². The first-order valence-electron chi connectivity index (χ1n) is 6.43. The highest BCUT2D eigenvalue weighted by molar-refractivity contribution is 5.20. The molecule has 1 N–H and O–H groups in total. The number of hydrogen-bond acceptors (Lipinski definition) is 1. The Morgan fingerprint density at radius 3 is 2.44 bits per heavy atom. The summed E-state index contributed by atoms with van der Waals surface area (Å²) in [6.07, 6.45) is 4.09. The number of aryl methyl sites for hydroxylation is 1. The summed E-state index contributed by atoms with van der Waals surface area (Å²) in [5.41, 5.74) is 2.32. The lowest BCUT2D eigenvalue weighted by Gasteiger charge is -2.04. The van der Waals surface area contributed by atoms with E-state index in [1.165, 1.54) is 0 Å². The van der Waals surface area contributed by atoms with E-state index in [0.29, 0.717) is 5.92 Å². The zero-order valence-electron chi connectivity index (χ0n) is 11.0. The molecule has 1 aromatic heterocycles. The van der Waals surface area contributed by atoms with Crippen molar-refractivity contribution >= 4 is 0 Å². The molecule has 0 spiro atoms. The fourth-order valence-electron chi connectivity index (χ4n) is 1.98. The third kappa shape index (κ3) is 2.77. The second kappa shape index (κ2) is 5.92. The van der Waals surface area contributed by atoms with Crippen LogP contribution in [-0.2, 0) is 13.0 Å². The van der Waals surface area contributed by atoms with E-state index in [1.54, 1.807) is 4.68 Å². The summed E-state index contributed by atoms with van der Waals surface area (Å²) in [6, 6.07) is 0. The molecule has 0 amide bonds. The SMILES string of the molecule is CCCCn1[nH]c(C(C)C)c(CCC)c1=O. The summed E-state index contributed by atoms with van der Waals surface area (Å²) in [4.78, 5) is 12.1. The quantitative estimate of drug-likeness (QED) is 0.792. The molecule has 1 aromatic rings. The van der Waals surface area contributed by atoms with Gasteiger partial charge in [0.25, 0.3) is 5.56 Å². The fraction of sp³-hybridized carbons (Fsp3) is 0.769. The molecule has 92 valence electrons. The van der Waals surface area contributed by atoms with E-state index in [9.17, 15) is 4.79 Å². The van der Waals surface area contributed by atoms with Gasteiger partial charge in [-0.15, -0.1) is 0 Å². The van der Waals surface area contributed by atoms with Gasteiger partial charge in [-0.3, -0.25) is 14.6 Å². The molecule has 0 saturated carbocycles. The predicted octanol–water partition coefficient (Wildman–Crippen LogP) is 3.05. The summed E-state index contributed by atoms with van der Waals surface area (Å²) >= 11 is 0. The Morgan fingerprint density at radius 1 is 1.25 bits per heavy atom. The first-order valence-corrected chi connectivity index (χ1v) is 6.43. The topological polar surface area (TPSA) is 37.8 Å². The van der Waals surface area contributed by atoms with Crippen LogP contribution in [0.2, 0.25) is 0 Å². The van der Waals surface area contributed by atoms with Gasteiger partial charge in [-0.05, 0) is 18.8 Å². The summed E-state index contributed by atoms with van der Waals surface area (Å²) in [5, 5.41) is 3.27. The van der Waals surface area contributed by atoms with Gasteiger partial charge in [-0.1, -0.05) is 40.5 Å². The van der Waals surface area contributed by atoms with Crippen LogP contribution in [0.15, 0.2) is 4.79 Å². The minimum atomic E-state index is 0.194. The molecular formula is C13H24N2O. The molecule has 0 aliphatic rings. The average Bonchev–Trinajstić information content (AvgIpc) is 2.55. The molecule has 1 rings (SSSR count). The molecule has 0 fully saturated rings. The Bertz CT molecular complexity index is 374. The molecule has 1 heterocycles. The maximum atomic E-state index is 12.1. The molecule has 0 bridgehead atoms. The van der Waals surface area contributed by atoms with Gasteiger partial charge >= 0.3 is 0 Å². The van der Waals surface area contributed by atoms with Crippen molar-refractivity contribution in [3.63, 3.8) is 0 Å². The maximum absolute atomic E-state index is 12.1. The van der Waals surface area contributed by atoms with Crippen LogP contribution >= 0.6 is 0 Å². The van der Waals surface area contributed by atoms with Crippen molar-refractivity contribution in [1.82, 2.24) is 9.78 Å². The van der Waals surface area contributed by atoms with Gasteiger partial charge in [-0.25, -0.2) is 0 Å². The summed E-state index contributed by atoms with van der Waals surface area (Å²) in [6.45, 7) is 9.35. The molecule has 3 nitrogen and oxygen atoms in total. The Kier molecular flexibility index (Phi) is 4.84. The minimum absolute atomic E-state index is 0.194. The van der Waals surface area contributed by atoms with Gasteiger partial charge < -0.3 is 0 Å². The molecule has 0 atom stereocenters. The molecule has 0 aliphatic heterocycles. The van der Waals surface area contributed by atoms with Gasteiger partial charge in [0.05, 0.1) is 0 Å². The van der Waals surface area contributed by atoms with E-state index in [-0.39, 0.29) is 5.56 Å². The smallest absolute Gasteiger partial charge is 0.269 e. The van der Waals surface area contributed by atoms with Gasteiger partial charge in [0.1, 0.15) is 0 Å². The normalized spacial score (nSPS) is 11.3. The Hall–Kier alpha value is -0.990. The van der Waals surface area contributed by atoms with Gasteiger partial charge in [0.15, 0.2) is 0 Å². The lowest BCUT2D eigenvalue weighted by molar-refractivity contribution is 0.547. The number of aromatic nitrogens is 2. The van der Waals surface area contributed by atoms with E-state index in [1.807, 2.05) is 0 Å². The van der Waals surface area contributed by atoms with Crippen LogP contribution < -0.4 is 5.56 Å². The molecule has 0 aromatic carbocycles. The third-order valence-electron chi connectivity index (χ3n) is 2.90. The second-order valence-corrected chi connectivity index (χ2v) is 4.72. The molecular weight excluding hydrogens is 200 g/mol.